The lowest BCUT2D eigenvalue weighted by Crippen LogP contribution is -2.14. The largest absolute Gasteiger partial charge is 0.394 e. The van der Waals surface area contributed by atoms with Crippen LogP contribution < -0.4 is 11.1 Å². The van der Waals surface area contributed by atoms with Gasteiger partial charge in [0.15, 0.2) is 0 Å². The van der Waals surface area contributed by atoms with Crippen molar-refractivity contribution >= 4 is 11.5 Å². The van der Waals surface area contributed by atoms with Crippen LogP contribution in [0.2, 0.25) is 0 Å². The second-order valence-corrected chi connectivity index (χ2v) is 3.76. The number of aliphatic hydroxyl groups is 1. The zero-order valence-corrected chi connectivity index (χ0v) is 9.38. The van der Waals surface area contributed by atoms with Crippen LogP contribution in [0.3, 0.4) is 0 Å². The molecule has 0 radical (unpaired) electrons. The maximum absolute atomic E-state index is 9.39. The van der Waals surface area contributed by atoms with E-state index >= 15 is 0 Å². The Kier molecular flexibility index (Phi) is 3.57. The highest BCUT2D eigenvalue weighted by atomic mass is 16.3. The van der Waals surface area contributed by atoms with Crippen molar-refractivity contribution in [3.63, 3.8) is 0 Å². The molecule has 1 aromatic carbocycles. The first-order valence-electron chi connectivity index (χ1n) is 5.43. The van der Waals surface area contributed by atoms with Crippen molar-refractivity contribution in [1.29, 1.82) is 0 Å². The van der Waals surface area contributed by atoms with Gasteiger partial charge in [-0.15, -0.1) is 0 Å². The van der Waals surface area contributed by atoms with E-state index in [1.807, 2.05) is 36.4 Å². The van der Waals surface area contributed by atoms with E-state index in [1.165, 1.54) is 0 Å². The summed E-state index contributed by atoms with van der Waals surface area (Å²) in [6.45, 7) is 0.0222. The molecule has 0 aliphatic rings. The third-order valence-electron chi connectivity index (χ3n) is 2.51. The molecule has 1 heterocycles. The quantitative estimate of drug-likeness (QED) is 0.747. The van der Waals surface area contributed by atoms with E-state index in [-0.39, 0.29) is 12.6 Å². The molecule has 2 aromatic rings. The molecule has 2 rings (SSSR count). The summed E-state index contributed by atoms with van der Waals surface area (Å²) >= 11 is 0. The highest BCUT2D eigenvalue weighted by Gasteiger charge is 2.09. The molecule has 88 valence electrons. The summed E-state index contributed by atoms with van der Waals surface area (Å²) < 4.78 is 0. The van der Waals surface area contributed by atoms with E-state index in [0.29, 0.717) is 5.82 Å². The Morgan fingerprint density at radius 3 is 2.53 bits per heavy atom. The van der Waals surface area contributed by atoms with Crippen molar-refractivity contribution in [3.8, 4) is 0 Å². The minimum absolute atomic E-state index is 0.0222. The molecule has 0 spiro atoms. The Morgan fingerprint density at radius 1 is 1.18 bits per heavy atom. The first kappa shape index (κ1) is 11.4. The standard InChI is InChI=1S/C13H15N3O/c14-13-7-6-11(8-15-13)16-12(9-17)10-4-2-1-3-5-10/h1-8,12,16-17H,9H2,(H2,14,15). The first-order chi connectivity index (χ1) is 8.29. The molecule has 17 heavy (non-hydrogen) atoms. The van der Waals surface area contributed by atoms with Gasteiger partial charge >= 0.3 is 0 Å². The summed E-state index contributed by atoms with van der Waals surface area (Å²) in [6, 6.07) is 13.2. The van der Waals surface area contributed by atoms with Gasteiger partial charge in [-0.2, -0.15) is 0 Å². The summed E-state index contributed by atoms with van der Waals surface area (Å²) in [5.41, 5.74) is 7.38. The lowest BCUT2D eigenvalue weighted by Gasteiger charge is -2.17. The summed E-state index contributed by atoms with van der Waals surface area (Å²) in [4.78, 5) is 3.99. The molecule has 0 fully saturated rings. The zero-order valence-electron chi connectivity index (χ0n) is 9.38. The van der Waals surface area contributed by atoms with Gasteiger partial charge in [-0.25, -0.2) is 4.98 Å². The highest BCUT2D eigenvalue weighted by molar-refractivity contribution is 5.47. The molecule has 0 aliphatic carbocycles. The second kappa shape index (κ2) is 5.32. The van der Waals surface area contributed by atoms with Crippen LogP contribution in [-0.2, 0) is 0 Å². The van der Waals surface area contributed by atoms with Crippen molar-refractivity contribution in [1.82, 2.24) is 4.98 Å². The summed E-state index contributed by atoms with van der Waals surface area (Å²) in [6.07, 6.45) is 1.65. The molecule has 1 atom stereocenters. The number of aliphatic hydroxyl groups excluding tert-OH is 1. The predicted molar refractivity (Wildman–Crippen MR) is 68.5 cm³/mol. The minimum Gasteiger partial charge on any atom is -0.394 e. The van der Waals surface area contributed by atoms with Gasteiger partial charge in [-0.1, -0.05) is 30.3 Å². The van der Waals surface area contributed by atoms with Crippen LogP contribution in [0.4, 0.5) is 11.5 Å². The van der Waals surface area contributed by atoms with Gasteiger partial charge in [0.2, 0.25) is 0 Å². The third-order valence-corrected chi connectivity index (χ3v) is 2.51. The van der Waals surface area contributed by atoms with Gasteiger partial charge in [0.05, 0.1) is 24.5 Å². The number of anilines is 2. The minimum atomic E-state index is -0.137. The van der Waals surface area contributed by atoms with Gasteiger partial charge in [0.1, 0.15) is 5.82 Å². The Hall–Kier alpha value is -2.07. The van der Waals surface area contributed by atoms with Crippen LogP contribution in [0.1, 0.15) is 11.6 Å². The molecular weight excluding hydrogens is 214 g/mol. The van der Waals surface area contributed by atoms with Crippen LogP contribution in [0, 0.1) is 0 Å². The fourth-order valence-corrected chi connectivity index (χ4v) is 1.61. The topological polar surface area (TPSA) is 71.2 Å². The molecule has 0 bridgehead atoms. The van der Waals surface area contributed by atoms with Crippen molar-refractivity contribution in [2.45, 2.75) is 6.04 Å². The first-order valence-corrected chi connectivity index (χ1v) is 5.43. The SMILES string of the molecule is Nc1ccc(NC(CO)c2ccccc2)cn1. The number of pyridine rings is 1. The molecule has 0 aliphatic heterocycles. The Bertz CT molecular complexity index is 456. The fraction of sp³-hybridized carbons (Fsp3) is 0.154. The van der Waals surface area contributed by atoms with E-state index in [9.17, 15) is 5.11 Å². The van der Waals surface area contributed by atoms with Crippen LogP contribution >= 0.6 is 0 Å². The Balaban J connectivity index is 2.13. The van der Waals surface area contributed by atoms with Crippen LogP contribution in [0.25, 0.3) is 0 Å². The molecular formula is C13H15N3O. The number of nitrogens with two attached hydrogens (primary N) is 1. The van der Waals surface area contributed by atoms with Gasteiger partial charge in [0.25, 0.3) is 0 Å². The van der Waals surface area contributed by atoms with Crippen molar-refractivity contribution < 1.29 is 5.11 Å². The van der Waals surface area contributed by atoms with Gasteiger partial charge in [-0.3, -0.25) is 0 Å². The number of benzene rings is 1. The molecule has 0 amide bonds. The van der Waals surface area contributed by atoms with Crippen LogP contribution in [0.5, 0.6) is 0 Å². The number of hydrogen-bond acceptors (Lipinski definition) is 4. The monoisotopic (exact) mass is 229 g/mol. The average Bonchev–Trinajstić information content (AvgIpc) is 2.39. The maximum atomic E-state index is 9.39. The smallest absolute Gasteiger partial charge is 0.123 e. The molecule has 4 heteroatoms. The van der Waals surface area contributed by atoms with E-state index in [2.05, 4.69) is 10.3 Å². The number of nitrogen functional groups attached to an aromatic ring is 1. The summed E-state index contributed by atoms with van der Waals surface area (Å²) in [5, 5.41) is 12.6. The van der Waals surface area contributed by atoms with Gasteiger partial charge in [0, 0.05) is 0 Å². The summed E-state index contributed by atoms with van der Waals surface area (Å²) in [5.74, 6) is 0.482. The fourth-order valence-electron chi connectivity index (χ4n) is 1.61. The third kappa shape index (κ3) is 2.95. The zero-order chi connectivity index (χ0) is 12.1. The van der Waals surface area contributed by atoms with E-state index < -0.39 is 0 Å². The van der Waals surface area contributed by atoms with Crippen LogP contribution in [0.15, 0.2) is 48.7 Å². The van der Waals surface area contributed by atoms with Crippen molar-refractivity contribution in [2.75, 3.05) is 17.7 Å². The predicted octanol–water partition coefficient (Wildman–Crippen LogP) is 1.81. The van der Waals surface area contributed by atoms with E-state index in [4.69, 9.17) is 5.73 Å². The Morgan fingerprint density at radius 2 is 1.94 bits per heavy atom. The molecule has 1 unspecified atom stereocenters. The van der Waals surface area contributed by atoms with Gasteiger partial charge < -0.3 is 16.2 Å². The summed E-state index contributed by atoms with van der Waals surface area (Å²) in [7, 11) is 0. The van der Waals surface area contributed by atoms with E-state index in [0.717, 1.165) is 11.3 Å². The average molecular weight is 229 g/mol. The van der Waals surface area contributed by atoms with E-state index in [1.54, 1.807) is 12.3 Å². The lowest BCUT2D eigenvalue weighted by molar-refractivity contribution is 0.276. The molecule has 4 nitrogen and oxygen atoms in total. The van der Waals surface area contributed by atoms with Gasteiger partial charge in [-0.05, 0) is 17.7 Å². The maximum Gasteiger partial charge on any atom is 0.123 e. The van der Waals surface area contributed by atoms with Crippen molar-refractivity contribution in [3.05, 3.63) is 54.2 Å². The second-order valence-electron chi connectivity index (χ2n) is 3.76. The van der Waals surface area contributed by atoms with Crippen LogP contribution in [-0.4, -0.2) is 16.7 Å². The lowest BCUT2D eigenvalue weighted by atomic mass is 10.1. The molecule has 1 aromatic heterocycles. The number of aromatic nitrogens is 1. The number of hydrogen-bond donors (Lipinski definition) is 3. The number of rotatable bonds is 4. The van der Waals surface area contributed by atoms with Crippen molar-refractivity contribution in [2.24, 2.45) is 0 Å². The number of nitrogens with zero attached hydrogens (tertiary/aromatic N) is 1. The highest BCUT2D eigenvalue weighted by Crippen LogP contribution is 2.18. The molecule has 0 saturated carbocycles. The molecule has 4 N–H and O–H groups in total. The Labute approximate surface area is 100 Å². The number of nitrogens with one attached hydrogen (secondary N) is 1. The normalized spacial score (nSPS) is 12.1. The molecule has 0 saturated heterocycles.